The lowest BCUT2D eigenvalue weighted by Crippen LogP contribution is -2.47. The van der Waals surface area contributed by atoms with Gasteiger partial charge in [0.05, 0.1) is 25.8 Å². The molecule has 0 saturated heterocycles. The molecule has 0 aromatic carbocycles. The smallest absolute Gasteiger partial charge is 0.0587 e. The van der Waals surface area contributed by atoms with Crippen LogP contribution in [0.4, 0.5) is 0 Å². The summed E-state index contributed by atoms with van der Waals surface area (Å²) in [4.78, 5) is 0. The Morgan fingerprint density at radius 1 is 0.833 bits per heavy atom. The molecule has 0 rings (SSSR count). The zero-order valence-corrected chi connectivity index (χ0v) is 16.2. The van der Waals surface area contributed by atoms with Crippen molar-refractivity contribution in [2.24, 2.45) is 5.41 Å². The van der Waals surface area contributed by atoms with E-state index in [0.717, 1.165) is 17.3 Å². The highest BCUT2D eigenvalue weighted by Crippen LogP contribution is 2.51. The van der Waals surface area contributed by atoms with Crippen molar-refractivity contribution in [3.05, 3.63) is 0 Å². The SMILES string of the molecule is CCSC(S)C(CO)(C(S)SCC)C(S)SCC. The van der Waals surface area contributed by atoms with E-state index in [2.05, 4.69) is 20.8 Å². The van der Waals surface area contributed by atoms with E-state index in [1.807, 2.05) is 0 Å². The van der Waals surface area contributed by atoms with Gasteiger partial charge in [-0.2, -0.15) is 37.9 Å². The third kappa shape index (κ3) is 5.11. The Balaban J connectivity index is 5.16. The molecule has 110 valence electrons. The molecule has 0 aliphatic carbocycles. The number of aliphatic hydroxyl groups excluding tert-OH is 1. The molecule has 3 unspecified atom stereocenters. The van der Waals surface area contributed by atoms with Crippen LogP contribution in [-0.2, 0) is 0 Å². The molecular formula is C11H24OS6. The fourth-order valence-corrected chi connectivity index (χ4v) is 8.15. The molecule has 0 spiro atoms. The third-order valence-corrected chi connectivity index (χ3v) is 8.67. The molecule has 0 fully saturated rings. The summed E-state index contributed by atoms with van der Waals surface area (Å²) in [5.74, 6) is 2.93. The van der Waals surface area contributed by atoms with E-state index >= 15 is 0 Å². The minimum Gasteiger partial charge on any atom is -0.396 e. The van der Waals surface area contributed by atoms with Gasteiger partial charge in [0, 0.05) is 0 Å². The minimum atomic E-state index is -0.392. The molecule has 0 heterocycles. The lowest BCUT2D eigenvalue weighted by Gasteiger charge is -2.44. The molecular weight excluding hydrogens is 341 g/mol. The van der Waals surface area contributed by atoms with Gasteiger partial charge in [-0.25, -0.2) is 0 Å². The molecule has 0 bridgehead atoms. The van der Waals surface area contributed by atoms with Crippen molar-refractivity contribution in [2.75, 3.05) is 23.9 Å². The summed E-state index contributed by atoms with van der Waals surface area (Å²) in [6.45, 7) is 6.39. The van der Waals surface area contributed by atoms with Gasteiger partial charge in [-0.15, -0.1) is 35.3 Å². The number of thiol groups is 3. The monoisotopic (exact) mass is 364 g/mol. The van der Waals surface area contributed by atoms with Crippen molar-refractivity contribution in [2.45, 2.75) is 34.5 Å². The molecule has 3 atom stereocenters. The van der Waals surface area contributed by atoms with Crippen LogP contribution in [0, 0.1) is 5.41 Å². The zero-order chi connectivity index (χ0) is 14.2. The normalized spacial score (nSPS) is 20.2. The topological polar surface area (TPSA) is 20.2 Å². The first-order valence-corrected chi connectivity index (χ1v) is 10.7. The summed E-state index contributed by atoms with van der Waals surface area (Å²) in [7, 11) is 0. The number of aliphatic hydroxyl groups is 1. The summed E-state index contributed by atoms with van der Waals surface area (Å²) >= 11 is 19.4. The number of thioether (sulfide) groups is 3. The van der Waals surface area contributed by atoms with Crippen LogP contribution in [0.2, 0.25) is 0 Å². The highest BCUT2D eigenvalue weighted by atomic mass is 32.2. The average molecular weight is 365 g/mol. The molecule has 0 radical (unpaired) electrons. The van der Waals surface area contributed by atoms with Crippen LogP contribution in [0.15, 0.2) is 0 Å². The lowest BCUT2D eigenvalue weighted by atomic mass is 9.96. The molecule has 18 heavy (non-hydrogen) atoms. The summed E-state index contributed by atoms with van der Waals surface area (Å²) in [5.41, 5.74) is -0.392. The Labute approximate surface area is 141 Å². The largest absolute Gasteiger partial charge is 0.396 e. The van der Waals surface area contributed by atoms with Gasteiger partial charge < -0.3 is 5.11 Å². The Bertz CT molecular complexity index is 184. The van der Waals surface area contributed by atoms with Crippen LogP contribution in [0.5, 0.6) is 0 Å². The lowest BCUT2D eigenvalue weighted by molar-refractivity contribution is 0.171. The predicted octanol–water partition coefficient (Wildman–Crippen LogP) is 3.99. The Morgan fingerprint density at radius 2 is 1.11 bits per heavy atom. The second-order valence-corrected chi connectivity index (χ2v) is 10.4. The second-order valence-electron chi connectivity index (χ2n) is 3.69. The molecule has 0 amide bonds. The fourth-order valence-electron chi connectivity index (χ4n) is 1.54. The maximum atomic E-state index is 9.98. The predicted molar refractivity (Wildman–Crippen MR) is 102 cm³/mol. The molecule has 0 aliphatic rings. The fraction of sp³-hybridized carbons (Fsp3) is 1.00. The highest BCUT2D eigenvalue weighted by Gasteiger charge is 2.47. The minimum absolute atomic E-state index is 0.0376. The first-order valence-electron chi connectivity index (χ1n) is 6.00. The quantitative estimate of drug-likeness (QED) is 0.347. The Hall–Kier alpha value is 2.06. The highest BCUT2D eigenvalue weighted by molar-refractivity contribution is 8.13. The van der Waals surface area contributed by atoms with Gasteiger partial charge in [-0.3, -0.25) is 0 Å². The number of hydrogen-bond donors (Lipinski definition) is 4. The van der Waals surface area contributed by atoms with Crippen molar-refractivity contribution >= 4 is 73.2 Å². The molecule has 1 nitrogen and oxygen atoms in total. The molecule has 0 saturated carbocycles. The van der Waals surface area contributed by atoms with Crippen LogP contribution in [0.3, 0.4) is 0 Å². The molecule has 0 aromatic heterocycles. The summed E-state index contributed by atoms with van der Waals surface area (Å²) in [6.07, 6.45) is 0. The summed E-state index contributed by atoms with van der Waals surface area (Å²) < 4.78 is 0.113. The van der Waals surface area contributed by atoms with Gasteiger partial charge in [-0.05, 0) is 17.3 Å². The Morgan fingerprint density at radius 3 is 1.28 bits per heavy atom. The number of rotatable bonds is 10. The number of hydrogen-bond acceptors (Lipinski definition) is 7. The average Bonchev–Trinajstić information content (AvgIpc) is 2.31. The van der Waals surface area contributed by atoms with Gasteiger partial charge in [-0.1, -0.05) is 20.8 Å². The first-order chi connectivity index (χ1) is 8.50. The van der Waals surface area contributed by atoms with Crippen molar-refractivity contribution < 1.29 is 5.11 Å². The van der Waals surface area contributed by atoms with Crippen molar-refractivity contribution in [1.82, 2.24) is 0 Å². The Kier molecular flexibility index (Phi) is 12.0. The van der Waals surface area contributed by atoms with Crippen LogP contribution < -0.4 is 0 Å². The van der Waals surface area contributed by atoms with E-state index in [1.165, 1.54) is 0 Å². The molecule has 0 aromatic rings. The van der Waals surface area contributed by atoms with E-state index in [9.17, 15) is 5.11 Å². The van der Waals surface area contributed by atoms with Gasteiger partial charge in [0.15, 0.2) is 0 Å². The van der Waals surface area contributed by atoms with Gasteiger partial charge >= 0.3 is 0 Å². The summed E-state index contributed by atoms with van der Waals surface area (Å²) in [5, 5.41) is 9.98. The van der Waals surface area contributed by atoms with Crippen molar-refractivity contribution in [3.63, 3.8) is 0 Å². The van der Waals surface area contributed by atoms with E-state index in [0.29, 0.717) is 0 Å². The van der Waals surface area contributed by atoms with Crippen LogP contribution >= 0.6 is 73.2 Å². The van der Waals surface area contributed by atoms with Gasteiger partial charge in [0.25, 0.3) is 0 Å². The molecule has 7 heteroatoms. The maximum Gasteiger partial charge on any atom is 0.0587 e. The van der Waals surface area contributed by atoms with E-state index < -0.39 is 5.41 Å². The maximum absolute atomic E-state index is 9.98. The van der Waals surface area contributed by atoms with Crippen LogP contribution in [0.25, 0.3) is 0 Å². The van der Waals surface area contributed by atoms with E-state index in [-0.39, 0.29) is 20.4 Å². The standard InChI is InChI=1S/C11H24OS6/c1-4-16-8(13)11(7-12,9(14)17-5-2)10(15)18-6-3/h8-10,12-15H,4-7H2,1-3H3. The second kappa shape index (κ2) is 10.7. The van der Waals surface area contributed by atoms with Gasteiger partial charge in [0.1, 0.15) is 0 Å². The molecule has 0 aliphatic heterocycles. The third-order valence-electron chi connectivity index (χ3n) is 2.63. The molecule has 1 N–H and O–H groups in total. The van der Waals surface area contributed by atoms with E-state index in [4.69, 9.17) is 37.9 Å². The first kappa shape index (κ1) is 20.1. The van der Waals surface area contributed by atoms with E-state index in [1.54, 1.807) is 35.3 Å². The summed E-state index contributed by atoms with van der Waals surface area (Å²) in [6, 6.07) is 0. The van der Waals surface area contributed by atoms with Gasteiger partial charge in [0.2, 0.25) is 0 Å². The zero-order valence-electron chi connectivity index (χ0n) is 11.1. The van der Waals surface area contributed by atoms with Crippen LogP contribution in [-0.4, -0.2) is 42.7 Å². The van der Waals surface area contributed by atoms with Crippen LogP contribution in [0.1, 0.15) is 20.8 Å². The van der Waals surface area contributed by atoms with Crippen molar-refractivity contribution in [1.29, 1.82) is 0 Å². The van der Waals surface area contributed by atoms with Crippen molar-refractivity contribution in [3.8, 4) is 0 Å².